The van der Waals surface area contributed by atoms with E-state index in [9.17, 15) is 0 Å². The molecular formula is C10H20O. The molecule has 1 nitrogen and oxygen atoms in total. The minimum absolute atomic E-state index is 0.410. The number of ether oxygens (including phenoxy) is 1. The van der Waals surface area contributed by atoms with Crippen LogP contribution in [0.5, 0.6) is 0 Å². The van der Waals surface area contributed by atoms with E-state index >= 15 is 0 Å². The van der Waals surface area contributed by atoms with Crippen molar-refractivity contribution in [3.05, 3.63) is 0 Å². The largest absolute Gasteiger partial charge is 0.376 e. The van der Waals surface area contributed by atoms with Crippen LogP contribution in [0.15, 0.2) is 0 Å². The summed E-state index contributed by atoms with van der Waals surface area (Å²) >= 11 is 0. The summed E-state index contributed by atoms with van der Waals surface area (Å²) in [6.07, 6.45) is 3.56. The van der Waals surface area contributed by atoms with Gasteiger partial charge >= 0.3 is 0 Å². The summed E-state index contributed by atoms with van der Waals surface area (Å²) in [5.74, 6) is 1.78. The van der Waals surface area contributed by atoms with Crippen molar-refractivity contribution in [2.75, 3.05) is 0 Å². The normalized spacial score (nSPS) is 31.1. The molecule has 0 aromatic rings. The molecule has 0 N–H and O–H groups in total. The maximum Gasteiger partial charge on any atom is 0.0584 e. The molecule has 1 rings (SSSR count). The first kappa shape index (κ1) is 9.05. The van der Waals surface area contributed by atoms with E-state index in [0.717, 1.165) is 11.8 Å². The van der Waals surface area contributed by atoms with Crippen LogP contribution in [-0.4, -0.2) is 12.2 Å². The summed E-state index contributed by atoms with van der Waals surface area (Å²) in [7, 11) is 0. The molecule has 1 aliphatic carbocycles. The monoisotopic (exact) mass is 156 g/mol. The zero-order chi connectivity index (χ0) is 8.43. The number of hydrogen-bond acceptors (Lipinski definition) is 1. The molecule has 0 aromatic carbocycles. The van der Waals surface area contributed by atoms with Crippen molar-refractivity contribution in [3.8, 4) is 0 Å². The van der Waals surface area contributed by atoms with Gasteiger partial charge in [-0.3, -0.25) is 0 Å². The molecule has 1 saturated carbocycles. The van der Waals surface area contributed by atoms with Gasteiger partial charge in [0, 0.05) is 0 Å². The lowest BCUT2D eigenvalue weighted by molar-refractivity contribution is -0.0718. The van der Waals surface area contributed by atoms with Crippen LogP contribution in [0.4, 0.5) is 0 Å². The SMILES string of the molecule is CC(C)O[C@H]1C[C@H](C(C)C)C1. The third-order valence-electron chi connectivity index (χ3n) is 2.54. The molecule has 66 valence electrons. The van der Waals surface area contributed by atoms with Crippen LogP contribution in [0.2, 0.25) is 0 Å². The highest BCUT2D eigenvalue weighted by Crippen LogP contribution is 2.35. The summed E-state index contributed by atoms with van der Waals surface area (Å²) in [5.41, 5.74) is 0. The topological polar surface area (TPSA) is 9.23 Å². The minimum atomic E-state index is 0.410. The van der Waals surface area contributed by atoms with E-state index in [1.807, 2.05) is 0 Å². The smallest absolute Gasteiger partial charge is 0.0584 e. The number of hydrogen-bond donors (Lipinski definition) is 0. The quantitative estimate of drug-likeness (QED) is 0.610. The molecule has 0 aromatic heterocycles. The van der Waals surface area contributed by atoms with E-state index in [2.05, 4.69) is 27.7 Å². The highest BCUT2D eigenvalue weighted by molar-refractivity contribution is 4.82. The van der Waals surface area contributed by atoms with E-state index in [1.165, 1.54) is 12.8 Å². The fourth-order valence-corrected chi connectivity index (χ4v) is 1.65. The van der Waals surface area contributed by atoms with E-state index in [-0.39, 0.29) is 0 Å². The second-order valence-electron chi connectivity index (χ2n) is 4.28. The third-order valence-corrected chi connectivity index (χ3v) is 2.54. The summed E-state index contributed by atoms with van der Waals surface area (Å²) < 4.78 is 5.67. The molecule has 0 unspecified atom stereocenters. The molecule has 0 heterocycles. The average molecular weight is 156 g/mol. The van der Waals surface area contributed by atoms with Gasteiger partial charge in [-0.25, -0.2) is 0 Å². The van der Waals surface area contributed by atoms with Crippen molar-refractivity contribution >= 4 is 0 Å². The van der Waals surface area contributed by atoms with Gasteiger partial charge in [-0.05, 0) is 38.5 Å². The Hall–Kier alpha value is -0.0400. The molecule has 11 heavy (non-hydrogen) atoms. The first-order valence-electron chi connectivity index (χ1n) is 4.75. The lowest BCUT2D eigenvalue weighted by Crippen LogP contribution is -2.35. The van der Waals surface area contributed by atoms with Crippen LogP contribution in [0.1, 0.15) is 40.5 Å². The van der Waals surface area contributed by atoms with E-state index in [4.69, 9.17) is 4.74 Å². The van der Waals surface area contributed by atoms with Crippen LogP contribution in [-0.2, 0) is 4.74 Å². The Morgan fingerprint density at radius 2 is 1.64 bits per heavy atom. The maximum atomic E-state index is 5.67. The molecule has 1 fully saturated rings. The molecule has 0 amide bonds. The summed E-state index contributed by atoms with van der Waals surface area (Å²) in [6.45, 7) is 8.83. The molecule has 1 heteroatoms. The Balaban J connectivity index is 2.09. The standard InChI is InChI=1S/C10H20O/c1-7(2)9-5-10(6-9)11-8(3)4/h7-10H,5-6H2,1-4H3/t9-,10-. The lowest BCUT2D eigenvalue weighted by Gasteiger charge is -2.38. The summed E-state index contributed by atoms with van der Waals surface area (Å²) in [6, 6.07) is 0. The molecule has 0 saturated heterocycles. The molecule has 0 bridgehead atoms. The van der Waals surface area contributed by atoms with Crippen LogP contribution in [0.3, 0.4) is 0 Å². The van der Waals surface area contributed by atoms with Gasteiger partial charge in [-0.15, -0.1) is 0 Å². The van der Waals surface area contributed by atoms with Crippen molar-refractivity contribution in [1.82, 2.24) is 0 Å². The highest BCUT2D eigenvalue weighted by atomic mass is 16.5. The van der Waals surface area contributed by atoms with Crippen LogP contribution in [0, 0.1) is 11.8 Å². The zero-order valence-corrected chi connectivity index (χ0v) is 8.13. The molecule has 0 radical (unpaired) electrons. The Bertz CT molecular complexity index is 112. The van der Waals surface area contributed by atoms with Gasteiger partial charge in [-0.2, -0.15) is 0 Å². The average Bonchev–Trinajstić information content (AvgIpc) is 1.75. The van der Waals surface area contributed by atoms with Gasteiger partial charge in [0.25, 0.3) is 0 Å². The van der Waals surface area contributed by atoms with E-state index in [0.29, 0.717) is 12.2 Å². The highest BCUT2D eigenvalue weighted by Gasteiger charge is 2.32. The van der Waals surface area contributed by atoms with Gasteiger partial charge in [0.15, 0.2) is 0 Å². The van der Waals surface area contributed by atoms with E-state index in [1.54, 1.807) is 0 Å². The fraction of sp³-hybridized carbons (Fsp3) is 1.00. The van der Waals surface area contributed by atoms with Gasteiger partial charge in [0.05, 0.1) is 12.2 Å². The van der Waals surface area contributed by atoms with Crippen LogP contribution < -0.4 is 0 Å². The molecule has 0 aliphatic heterocycles. The minimum Gasteiger partial charge on any atom is -0.376 e. The Kier molecular flexibility index (Phi) is 2.94. The van der Waals surface area contributed by atoms with Crippen molar-refractivity contribution in [2.45, 2.75) is 52.7 Å². The predicted molar refractivity (Wildman–Crippen MR) is 47.6 cm³/mol. The zero-order valence-electron chi connectivity index (χ0n) is 8.13. The summed E-state index contributed by atoms with van der Waals surface area (Å²) in [5, 5.41) is 0. The second kappa shape index (κ2) is 3.57. The third kappa shape index (κ3) is 2.48. The predicted octanol–water partition coefficient (Wildman–Crippen LogP) is 2.85. The first-order valence-corrected chi connectivity index (χ1v) is 4.75. The Morgan fingerprint density at radius 1 is 1.09 bits per heavy atom. The van der Waals surface area contributed by atoms with Gasteiger partial charge in [-0.1, -0.05) is 13.8 Å². The summed E-state index contributed by atoms with van der Waals surface area (Å²) in [4.78, 5) is 0. The van der Waals surface area contributed by atoms with Crippen molar-refractivity contribution in [1.29, 1.82) is 0 Å². The van der Waals surface area contributed by atoms with Gasteiger partial charge in [0.1, 0.15) is 0 Å². The maximum absolute atomic E-state index is 5.67. The second-order valence-corrected chi connectivity index (χ2v) is 4.28. The molecule has 0 spiro atoms. The molecule has 1 aliphatic rings. The fourth-order valence-electron chi connectivity index (χ4n) is 1.65. The lowest BCUT2D eigenvalue weighted by atomic mass is 9.75. The Labute approximate surface area is 70.1 Å². The first-order chi connectivity index (χ1) is 5.09. The van der Waals surface area contributed by atoms with Gasteiger partial charge < -0.3 is 4.74 Å². The van der Waals surface area contributed by atoms with Crippen molar-refractivity contribution in [3.63, 3.8) is 0 Å². The van der Waals surface area contributed by atoms with Crippen LogP contribution >= 0.6 is 0 Å². The van der Waals surface area contributed by atoms with Gasteiger partial charge in [0.2, 0.25) is 0 Å². The molecule has 0 atom stereocenters. The Morgan fingerprint density at radius 3 is 2.00 bits per heavy atom. The van der Waals surface area contributed by atoms with Crippen LogP contribution in [0.25, 0.3) is 0 Å². The van der Waals surface area contributed by atoms with E-state index < -0.39 is 0 Å². The number of rotatable bonds is 3. The molecular weight excluding hydrogens is 136 g/mol. The van der Waals surface area contributed by atoms with Crippen molar-refractivity contribution in [2.24, 2.45) is 11.8 Å². The van der Waals surface area contributed by atoms with Crippen molar-refractivity contribution < 1.29 is 4.74 Å².